The Balaban J connectivity index is 1.22. The van der Waals surface area contributed by atoms with Crippen molar-refractivity contribution in [1.29, 1.82) is 0 Å². The molecule has 40 heavy (non-hydrogen) atoms. The van der Waals surface area contributed by atoms with Crippen LogP contribution >= 0.6 is 0 Å². The fourth-order valence-electron chi connectivity index (χ4n) is 7.20. The Kier molecular flexibility index (Phi) is 6.37. The van der Waals surface area contributed by atoms with Gasteiger partial charge in [-0.25, -0.2) is 9.18 Å². The Morgan fingerprint density at radius 3 is 2.55 bits per heavy atom. The molecule has 3 fully saturated rings. The van der Waals surface area contributed by atoms with Crippen LogP contribution in [-0.4, -0.2) is 88.9 Å². The third-order valence-electron chi connectivity index (χ3n) is 9.29. The summed E-state index contributed by atoms with van der Waals surface area (Å²) in [7, 11) is 2.13. The lowest BCUT2D eigenvalue weighted by atomic mass is 10.0. The quantitative estimate of drug-likeness (QED) is 0.511. The number of rotatable bonds is 5. The Hall–Kier alpha value is -3.66. The Labute approximate surface area is 233 Å². The highest BCUT2D eigenvalue weighted by Gasteiger charge is 2.44. The number of ether oxygens (including phenoxy) is 1. The van der Waals surface area contributed by atoms with Gasteiger partial charge in [-0.05, 0) is 57.8 Å². The van der Waals surface area contributed by atoms with Crippen LogP contribution in [-0.2, 0) is 13.0 Å². The van der Waals surface area contributed by atoms with E-state index in [1.165, 1.54) is 6.07 Å². The number of nitrogens with zero attached hydrogens (tertiary/aromatic N) is 6. The molecule has 1 amide bonds. The van der Waals surface area contributed by atoms with Crippen LogP contribution in [0.3, 0.4) is 0 Å². The van der Waals surface area contributed by atoms with Crippen molar-refractivity contribution in [3.63, 3.8) is 0 Å². The largest absolute Gasteiger partial charge is 0.465 e. The summed E-state index contributed by atoms with van der Waals surface area (Å²) in [5, 5.41) is 11.3. The molecule has 3 aromatic rings. The summed E-state index contributed by atoms with van der Waals surface area (Å²) in [4.78, 5) is 30.3. The fourth-order valence-corrected chi connectivity index (χ4v) is 7.20. The summed E-state index contributed by atoms with van der Waals surface area (Å²) in [6, 6.07) is 11.7. The molecule has 9 nitrogen and oxygen atoms in total. The van der Waals surface area contributed by atoms with Crippen molar-refractivity contribution in [1.82, 2.24) is 19.8 Å². The summed E-state index contributed by atoms with van der Waals surface area (Å²) >= 11 is 0. The highest BCUT2D eigenvalue weighted by molar-refractivity contribution is 5.94. The van der Waals surface area contributed by atoms with Crippen molar-refractivity contribution < 1.29 is 19.0 Å². The molecular formula is C30H35FN6O3. The van der Waals surface area contributed by atoms with Gasteiger partial charge in [0.1, 0.15) is 18.2 Å². The molecule has 0 aliphatic carbocycles. The van der Waals surface area contributed by atoms with E-state index in [-0.39, 0.29) is 17.9 Å². The number of halogens is 1. The number of aromatic nitrogens is 2. The minimum atomic E-state index is -0.830. The second-order valence-electron chi connectivity index (χ2n) is 11.6. The van der Waals surface area contributed by atoms with Gasteiger partial charge in [-0.3, -0.25) is 4.90 Å². The first-order valence-electron chi connectivity index (χ1n) is 14.4. The monoisotopic (exact) mass is 546 g/mol. The fraction of sp³-hybridized carbons (Fsp3) is 0.500. The number of amides is 1. The van der Waals surface area contributed by atoms with Crippen molar-refractivity contribution in [3.8, 4) is 6.01 Å². The van der Waals surface area contributed by atoms with Crippen molar-refractivity contribution in [2.45, 2.75) is 56.8 Å². The topological polar surface area (TPSA) is 85.3 Å². The van der Waals surface area contributed by atoms with Gasteiger partial charge < -0.3 is 24.5 Å². The van der Waals surface area contributed by atoms with Crippen LogP contribution < -0.4 is 14.5 Å². The van der Waals surface area contributed by atoms with E-state index in [4.69, 9.17) is 14.7 Å². The van der Waals surface area contributed by atoms with E-state index in [0.717, 1.165) is 73.3 Å². The first kappa shape index (κ1) is 25.3. The predicted octanol–water partition coefficient (Wildman–Crippen LogP) is 4.14. The molecule has 3 atom stereocenters. The van der Waals surface area contributed by atoms with Gasteiger partial charge in [0.15, 0.2) is 0 Å². The Morgan fingerprint density at radius 2 is 1.80 bits per heavy atom. The first-order chi connectivity index (χ1) is 19.5. The van der Waals surface area contributed by atoms with E-state index in [2.05, 4.69) is 21.7 Å². The van der Waals surface area contributed by atoms with Gasteiger partial charge in [-0.15, -0.1) is 0 Å². The van der Waals surface area contributed by atoms with Crippen LogP contribution in [0.5, 0.6) is 6.01 Å². The molecule has 0 unspecified atom stereocenters. The predicted molar refractivity (Wildman–Crippen MR) is 151 cm³/mol. The van der Waals surface area contributed by atoms with Gasteiger partial charge in [0, 0.05) is 47.7 Å². The zero-order chi connectivity index (χ0) is 27.4. The minimum Gasteiger partial charge on any atom is -0.465 e. The van der Waals surface area contributed by atoms with Gasteiger partial charge in [0.25, 0.3) is 0 Å². The molecule has 2 aromatic carbocycles. The Morgan fingerprint density at radius 1 is 1.02 bits per heavy atom. The maximum absolute atomic E-state index is 14.6. The number of hydrogen-bond donors (Lipinski definition) is 1. The number of carboxylic acid groups (broad SMARTS) is 1. The molecule has 4 aliphatic heterocycles. The summed E-state index contributed by atoms with van der Waals surface area (Å²) in [5.74, 6) is 0.661. The van der Waals surface area contributed by atoms with Crippen molar-refractivity contribution in [2.24, 2.45) is 0 Å². The number of fused-ring (bicyclic) bond motifs is 4. The van der Waals surface area contributed by atoms with Gasteiger partial charge in [-0.1, -0.05) is 24.3 Å². The third-order valence-corrected chi connectivity index (χ3v) is 9.29. The normalized spacial score (nSPS) is 24.6. The first-order valence-corrected chi connectivity index (χ1v) is 14.4. The van der Waals surface area contributed by atoms with E-state index in [0.29, 0.717) is 43.7 Å². The second-order valence-corrected chi connectivity index (χ2v) is 11.6. The third kappa shape index (κ3) is 4.38. The molecule has 4 aliphatic rings. The van der Waals surface area contributed by atoms with Crippen molar-refractivity contribution in [2.75, 3.05) is 49.6 Å². The molecule has 1 N–H and O–H groups in total. The van der Waals surface area contributed by atoms with Crippen LogP contribution in [0.1, 0.15) is 36.9 Å². The van der Waals surface area contributed by atoms with Gasteiger partial charge in [-0.2, -0.15) is 9.97 Å². The zero-order valence-electron chi connectivity index (χ0n) is 22.8. The lowest BCUT2D eigenvalue weighted by Crippen LogP contribution is -2.56. The van der Waals surface area contributed by atoms with E-state index >= 15 is 0 Å². The molecule has 2 bridgehead atoms. The number of benzene rings is 2. The van der Waals surface area contributed by atoms with Crippen LogP contribution in [0.25, 0.3) is 10.8 Å². The molecule has 0 spiro atoms. The number of hydrogen-bond acceptors (Lipinski definition) is 7. The number of carbonyl (C=O) groups is 1. The van der Waals surface area contributed by atoms with E-state index in [1.54, 1.807) is 11.0 Å². The number of anilines is 2. The lowest BCUT2D eigenvalue weighted by molar-refractivity contribution is 0.114. The van der Waals surface area contributed by atoms with Gasteiger partial charge >= 0.3 is 12.1 Å². The van der Waals surface area contributed by atoms with Gasteiger partial charge in [0.05, 0.1) is 24.3 Å². The van der Waals surface area contributed by atoms with Crippen molar-refractivity contribution >= 4 is 28.4 Å². The van der Waals surface area contributed by atoms with Crippen LogP contribution in [0, 0.1) is 5.82 Å². The average Bonchev–Trinajstić information content (AvgIpc) is 3.49. The standard InChI is InChI=1S/C30H35FN6O3/c1-34-13-4-5-21(34)18-40-29-32-26-17-35(27-9-3-6-22-23(27)7-2-8-25(22)31)14-12-24(26)28(33-29)36-15-19-10-11-20(16-36)37(19)30(38)39/h2-3,6-9,19-21H,4-5,10-18H2,1H3,(H,38,39)/t19-,20+,21-/m0/s1. The highest BCUT2D eigenvalue weighted by atomic mass is 19.1. The lowest BCUT2D eigenvalue weighted by Gasteiger charge is -2.41. The van der Waals surface area contributed by atoms with Crippen LogP contribution in [0.15, 0.2) is 36.4 Å². The van der Waals surface area contributed by atoms with Crippen LogP contribution in [0.2, 0.25) is 0 Å². The van der Waals surface area contributed by atoms with Crippen molar-refractivity contribution in [3.05, 3.63) is 53.5 Å². The minimum absolute atomic E-state index is 0.0240. The molecule has 210 valence electrons. The molecular weight excluding hydrogens is 511 g/mol. The molecule has 7 rings (SSSR count). The smallest absolute Gasteiger partial charge is 0.407 e. The number of likely N-dealkylation sites (N-methyl/N-ethyl adjacent to an activating group) is 1. The maximum atomic E-state index is 14.6. The van der Waals surface area contributed by atoms with Crippen LogP contribution in [0.4, 0.5) is 20.7 Å². The molecule has 10 heteroatoms. The number of likely N-dealkylation sites (tertiary alicyclic amines) is 1. The average molecular weight is 547 g/mol. The maximum Gasteiger partial charge on any atom is 0.407 e. The molecule has 0 saturated carbocycles. The Bertz CT molecular complexity index is 1440. The molecule has 0 radical (unpaired) electrons. The van der Waals surface area contributed by atoms with Gasteiger partial charge in [0.2, 0.25) is 0 Å². The summed E-state index contributed by atoms with van der Waals surface area (Å²) in [5.41, 5.74) is 3.02. The summed E-state index contributed by atoms with van der Waals surface area (Å²) in [6.07, 6.45) is 3.94. The number of piperazine rings is 1. The molecule has 3 saturated heterocycles. The van der Waals surface area contributed by atoms with E-state index in [1.807, 2.05) is 24.3 Å². The van der Waals surface area contributed by atoms with E-state index < -0.39 is 6.09 Å². The van der Waals surface area contributed by atoms with E-state index in [9.17, 15) is 14.3 Å². The summed E-state index contributed by atoms with van der Waals surface area (Å²) in [6.45, 7) is 4.20. The molecule has 5 heterocycles. The highest BCUT2D eigenvalue weighted by Crippen LogP contribution is 2.38. The summed E-state index contributed by atoms with van der Waals surface area (Å²) < 4.78 is 20.8. The molecule has 1 aromatic heterocycles. The second kappa shape index (κ2) is 10.1. The SMILES string of the molecule is CN1CCC[C@H]1COc1nc2c(c(N3C[C@H]4CC[C@@H](C3)N4C(=O)O)n1)CCN(c1cccc3c(F)cccc13)C2. The zero-order valence-corrected chi connectivity index (χ0v) is 22.8.